The highest BCUT2D eigenvalue weighted by molar-refractivity contribution is 8.26. The van der Waals surface area contributed by atoms with Gasteiger partial charge in [-0.3, -0.25) is 29.9 Å². The van der Waals surface area contributed by atoms with Crippen molar-refractivity contribution in [3.05, 3.63) is 103 Å². The summed E-state index contributed by atoms with van der Waals surface area (Å²) in [5.41, 5.74) is 0.559. The van der Waals surface area contributed by atoms with Crippen LogP contribution in [0.25, 0.3) is 6.08 Å². The van der Waals surface area contributed by atoms with Gasteiger partial charge in [-0.05, 0) is 47.5 Å². The molecule has 10 nitrogen and oxygen atoms in total. The highest BCUT2D eigenvalue weighted by Crippen LogP contribution is 2.36. The first-order valence-corrected chi connectivity index (χ1v) is 11.6. The Hall–Kier alpha value is -4.29. The van der Waals surface area contributed by atoms with E-state index in [4.69, 9.17) is 21.7 Å². The monoisotopic (exact) mass is 523 g/mol. The average Bonchev–Trinajstić information content (AvgIpc) is 3.12. The van der Waals surface area contributed by atoms with Gasteiger partial charge in [0.2, 0.25) is 5.75 Å². The number of nitro benzene ring substituents is 2. The van der Waals surface area contributed by atoms with Crippen LogP contribution in [0.15, 0.2) is 71.6 Å². The standard InChI is InChI=1S/C24H17N3O7S2/c1-33-18-8-5-15(6-9-18)14-25-23(28)22(36-24(25)35)12-16-3-2-4-19(11-16)34-21-10-7-17(26(29)30)13-20(21)27(31)32/h2-13H,14H2,1H3/b22-12-. The minimum Gasteiger partial charge on any atom is -0.497 e. The second-order valence-corrected chi connectivity index (χ2v) is 9.13. The fourth-order valence-corrected chi connectivity index (χ4v) is 4.60. The first-order valence-electron chi connectivity index (χ1n) is 10.3. The number of carbonyl (C=O) groups excluding carboxylic acids is 1. The average molecular weight is 524 g/mol. The van der Waals surface area contributed by atoms with Crippen LogP contribution in [0, 0.1) is 20.2 Å². The zero-order chi connectivity index (χ0) is 25.8. The van der Waals surface area contributed by atoms with Gasteiger partial charge < -0.3 is 9.47 Å². The topological polar surface area (TPSA) is 125 Å². The number of thioether (sulfide) groups is 1. The van der Waals surface area contributed by atoms with E-state index in [-0.39, 0.29) is 17.4 Å². The molecule has 1 fully saturated rings. The first-order chi connectivity index (χ1) is 17.2. The lowest BCUT2D eigenvalue weighted by Crippen LogP contribution is -2.27. The van der Waals surface area contributed by atoms with Gasteiger partial charge in [0.15, 0.2) is 0 Å². The Kier molecular flexibility index (Phi) is 7.27. The normalized spacial score (nSPS) is 14.2. The van der Waals surface area contributed by atoms with Crippen molar-refractivity contribution in [1.82, 2.24) is 4.90 Å². The number of hydrogen-bond acceptors (Lipinski definition) is 9. The number of benzene rings is 3. The molecule has 0 radical (unpaired) electrons. The van der Waals surface area contributed by atoms with Crippen LogP contribution in [0.2, 0.25) is 0 Å². The zero-order valence-corrected chi connectivity index (χ0v) is 20.3. The van der Waals surface area contributed by atoms with Crippen LogP contribution in [0.3, 0.4) is 0 Å². The third-order valence-electron chi connectivity index (χ3n) is 5.11. The molecule has 3 aromatic carbocycles. The summed E-state index contributed by atoms with van der Waals surface area (Å²) in [6.45, 7) is 0.318. The molecule has 0 aromatic heterocycles. The van der Waals surface area contributed by atoms with Gasteiger partial charge in [-0.2, -0.15) is 0 Å². The molecular weight excluding hydrogens is 506 g/mol. The summed E-state index contributed by atoms with van der Waals surface area (Å²) in [6, 6.07) is 17.1. The highest BCUT2D eigenvalue weighted by atomic mass is 32.2. The van der Waals surface area contributed by atoms with Gasteiger partial charge in [-0.15, -0.1) is 0 Å². The third-order valence-corrected chi connectivity index (χ3v) is 6.48. The zero-order valence-electron chi connectivity index (χ0n) is 18.7. The van der Waals surface area contributed by atoms with E-state index in [0.29, 0.717) is 27.1 Å². The number of hydrogen-bond donors (Lipinski definition) is 0. The molecule has 1 aliphatic heterocycles. The molecule has 182 valence electrons. The molecule has 0 bridgehead atoms. The predicted molar refractivity (Wildman–Crippen MR) is 138 cm³/mol. The number of thiocarbonyl (C=S) groups is 1. The maximum atomic E-state index is 13.0. The number of ether oxygens (including phenoxy) is 2. The summed E-state index contributed by atoms with van der Waals surface area (Å²) >= 11 is 6.58. The second-order valence-electron chi connectivity index (χ2n) is 7.46. The number of methoxy groups -OCH3 is 1. The number of carbonyl (C=O) groups is 1. The lowest BCUT2D eigenvalue weighted by molar-refractivity contribution is -0.394. The van der Waals surface area contributed by atoms with Gasteiger partial charge in [0.05, 0.1) is 34.5 Å². The molecule has 12 heteroatoms. The van der Waals surface area contributed by atoms with Gasteiger partial charge >= 0.3 is 5.69 Å². The molecular formula is C24H17N3O7S2. The van der Waals surface area contributed by atoms with E-state index in [1.165, 1.54) is 22.7 Å². The Morgan fingerprint density at radius 2 is 1.75 bits per heavy atom. The van der Waals surface area contributed by atoms with E-state index in [1.807, 2.05) is 24.3 Å². The van der Waals surface area contributed by atoms with E-state index >= 15 is 0 Å². The largest absolute Gasteiger partial charge is 0.497 e. The number of amides is 1. The minimum atomic E-state index is -0.750. The SMILES string of the molecule is COc1ccc(CN2C(=O)/C(=C/c3cccc(Oc4ccc([N+](=O)[O-])cc4[N+](=O)[O-])c3)SC2=S)cc1. The molecule has 1 aliphatic rings. The number of nitro groups is 2. The molecule has 36 heavy (non-hydrogen) atoms. The van der Waals surface area contributed by atoms with Crippen molar-refractivity contribution < 1.29 is 24.1 Å². The minimum absolute atomic E-state index is 0.145. The van der Waals surface area contributed by atoms with Gasteiger partial charge in [-0.25, -0.2) is 0 Å². The van der Waals surface area contributed by atoms with E-state index < -0.39 is 21.2 Å². The molecule has 0 unspecified atom stereocenters. The molecule has 1 saturated heterocycles. The van der Waals surface area contributed by atoms with E-state index in [1.54, 1.807) is 37.5 Å². The fraction of sp³-hybridized carbons (Fsp3) is 0.0833. The summed E-state index contributed by atoms with van der Waals surface area (Å²) in [6.07, 6.45) is 1.66. The van der Waals surface area contributed by atoms with E-state index in [9.17, 15) is 25.0 Å². The highest BCUT2D eigenvalue weighted by Gasteiger charge is 2.32. The number of rotatable bonds is 8. The summed E-state index contributed by atoms with van der Waals surface area (Å²) in [4.78, 5) is 35.8. The van der Waals surface area contributed by atoms with Crippen molar-refractivity contribution >= 4 is 51.7 Å². The van der Waals surface area contributed by atoms with Gasteiger partial charge in [0.1, 0.15) is 15.8 Å². The van der Waals surface area contributed by atoms with Crippen LogP contribution in [0.1, 0.15) is 11.1 Å². The van der Waals surface area contributed by atoms with Gasteiger partial charge in [0, 0.05) is 6.07 Å². The summed E-state index contributed by atoms with van der Waals surface area (Å²) < 4.78 is 11.2. The van der Waals surface area contributed by atoms with Crippen molar-refractivity contribution in [2.24, 2.45) is 0 Å². The second kappa shape index (κ2) is 10.5. The molecule has 1 heterocycles. The lowest BCUT2D eigenvalue weighted by atomic mass is 10.2. The Morgan fingerprint density at radius 3 is 2.42 bits per heavy atom. The van der Waals surface area contributed by atoms with Crippen molar-refractivity contribution in [2.45, 2.75) is 6.54 Å². The molecule has 0 atom stereocenters. The smallest absolute Gasteiger partial charge is 0.318 e. The molecule has 1 amide bonds. The molecule has 0 saturated carbocycles. The first kappa shape index (κ1) is 24.8. The van der Waals surface area contributed by atoms with Crippen molar-refractivity contribution in [2.75, 3.05) is 7.11 Å². The molecule has 3 aromatic rings. The Morgan fingerprint density at radius 1 is 1.00 bits per heavy atom. The quantitative estimate of drug-likeness (QED) is 0.158. The van der Waals surface area contributed by atoms with Crippen LogP contribution in [-0.2, 0) is 11.3 Å². The molecule has 4 rings (SSSR count). The van der Waals surface area contributed by atoms with Crippen LogP contribution in [-0.4, -0.2) is 32.1 Å². The Balaban J connectivity index is 1.53. The summed E-state index contributed by atoms with van der Waals surface area (Å²) in [5.74, 6) is 0.589. The third kappa shape index (κ3) is 5.50. The Labute approximate surface area is 214 Å². The number of nitrogens with zero attached hydrogens (tertiary/aromatic N) is 3. The van der Waals surface area contributed by atoms with Crippen molar-refractivity contribution in [3.63, 3.8) is 0 Å². The van der Waals surface area contributed by atoms with Crippen molar-refractivity contribution in [1.29, 1.82) is 0 Å². The van der Waals surface area contributed by atoms with Crippen LogP contribution >= 0.6 is 24.0 Å². The fourth-order valence-electron chi connectivity index (χ4n) is 3.34. The van der Waals surface area contributed by atoms with Crippen LogP contribution in [0.4, 0.5) is 11.4 Å². The molecule has 0 aliphatic carbocycles. The molecule has 0 spiro atoms. The van der Waals surface area contributed by atoms with Gasteiger partial charge in [0.25, 0.3) is 11.6 Å². The van der Waals surface area contributed by atoms with Crippen molar-refractivity contribution in [3.8, 4) is 17.2 Å². The van der Waals surface area contributed by atoms with Crippen LogP contribution in [0.5, 0.6) is 17.2 Å². The van der Waals surface area contributed by atoms with E-state index in [0.717, 1.165) is 17.7 Å². The summed E-state index contributed by atoms with van der Waals surface area (Å²) in [5, 5.41) is 22.3. The maximum Gasteiger partial charge on any atom is 0.318 e. The van der Waals surface area contributed by atoms with Gasteiger partial charge in [-0.1, -0.05) is 48.2 Å². The summed E-state index contributed by atoms with van der Waals surface area (Å²) in [7, 11) is 1.58. The van der Waals surface area contributed by atoms with Crippen LogP contribution < -0.4 is 9.47 Å². The maximum absolute atomic E-state index is 13.0. The predicted octanol–water partition coefficient (Wildman–Crippen LogP) is 5.71. The number of non-ortho nitro benzene ring substituents is 1. The van der Waals surface area contributed by atoms with E-state index in [2.05, 4.69) is 0 Å². The Bertz CT molecular complexity index is 1410. The lowest BCUT2D eigenvalue weighted by Gasteiger charge is -2.14. The molecule has 0 N–H and O–H groups in total.